The molecule has 0 amide bonds. The summed E-state index contributed by atoms with van der Waals surface area (Å²) in [5, 5.41) is 0. The minimum Gasteiger partial charge on any atom is -0.494 e. The molecule has 0 bridgehead atoms. The second-order valence-electron chi connectivity index (χ2n) is 7.83. The molecule has 0 saturated carbocycles. The zero-order chi connectivity index (χ0) is 21.0. The van der Waals surface area contributed by atoms with E-state index in [0.717, 1.165) is 49.5 Å². The van der Waals surface area contributed by atoms with E-state index in [4.69, 9.17) is 9.47 Å². The van der Waals surface area contributed by atoms with Gasteiger partial charge in [-0.25, -0.2) is 0 Å². The van der Waals surface area contributed by atoms with Crippen molar-refractivity contribution >= 4 is 5.69 Å². The van der Waals surface area contributed by atoms with Gasteiger partial charge in [-0.2, -0.15) is 0 Å². The molecule has 2 rings (SSSR count). The molecular weight excluding hydrogens is 358 g/mol. The van der Waals surface area contributed by atoms with E-state index in [0.29, 0.717) is 0 Å². The van der Waals surface area contributed by atoms with Gasteiger partial charge in [0.05, 0.1) is 26.3 Å². The van der Waals surface area contributed by atoms with Gasteiger partial charge < -0.3 is 9.47 Å². The summed E-state index contributed by atoms with van der Waals surface area (Å²) >= 11 is 0. The van der Waals surface area contributed by atoms with E-state index in [2.05, 4.69) is 69.3 Å². The molecule has 0 N–H and O–H groups in total. The quantitative estimate of drug-likeness (QED) is 0.260. The summed E-state index contributed by atoms with van der Waals surface area (Å²) in [6, 6.07) is 17.5. The van der Waals surface area contributed by atoms with Crippen LogP contribution in [-0.4, -0.2) is 40.0 Å². The van der Waals surface area contributed by atoms with Crippen molar-refractivity contribution in [1.29, 1.82) is 0 Å². The normalized spacial score (nSPS) is 11.6. The molecule has 2 aromatic rings. The number of quaternary nitrogens is 1. The van der Waals surface area contributed by atoms with E-state index in [1.807, 2.05) is 0 Å². The summed E-state index contributed by atoms with van der Waals surface area (Å²) < 4.78 is 12.2. The van der Waals surface area contributed by atoms with Crippen LogP contribution in [0.25, 0.3) is 11.1 Å². The molecule has 0 aliphatic rings. The molecule has 0 aromatic heterocycles. The number of methoxy groups -OCH3 is 1. The number of nitrogens with zero attached hydrogens (tertiary/aromatic N) is 1. The number of unbranched alkanes of at least 4 members (excludes halogenated alkanes) is 4. The highest BCUT2D eigenvalue weighted by Crippen LogP contribution is 2.28. The Morgan fingerprint density at radius 3 is 1.83 bits per heavy atom. The molecule has 0 spiro atoms. The molecule has 0 aliphatic carbocycles. The van der Waals surface area contributed by atoms with Gasteiger partial charge in [-0.15, -0.1) is 0 Å². The third-order valence-electron chi connectivity index (χ3n) is 6.05. The zero-order valence-corrected chi connectivity index (χ0v) is 19.0. The first-order valence-corrected chi connectivity index (χ1v) is 11.4. The van der Waals surface area contributed by atoms with Gasteiger partial charge in [0.25, 0.3) is 0 Å². The van der Waals surface area contributed by atoms with Crippen molar-refractivity contribution in [3.8, 4) is 16.9 Å². The third-order valence-corrected chi connectivity index (χ3v) is 6.05. The van der Waals surface area contributed by atoms with Crippen molar-refractivity contribution < 1.29 is 9.47 Å². The van der Waals surface area contributed by atoms with Gasteiger partial charge in [-0.1, -0.05) is 44.7 Å². The van der Waals surface area contributed by atoms with Crippen LogP contribution >= 0.6 is 0 Å². The van der Waals surface area contributed by atoms with Crippen LogP contribution in [0.4, 0.5) is 5.69 Å². The van der Waals surface area contributed by atoms with E-state index in [9.17, 15) is 0 Å². The topological polar surface area (TPSA) is 18.5 Å². The lowest BCUT2D eigenvalue weighted by atomic mass is 10.0. The first kappa shape index (κ1) is 23.4. The molecule has 3 nitrogen and oxygen atoms in total. The number of rotatable bonds is 14. The second kappa shape index (κ2) is 12.7. The van der Waals surface area contributed by atoms with Gasteiger partial charge >= 0.3 is 0 Å². The van der Waals surface area contributed by atoms with Crippen molar-refractivity contribution in [3.05, 3.63) is 48.5 Å². The smallest absolute Gasteiger partial charge is 0.132 e. The van der Waals surface area contributed by atoms with Crippen LogP contribution in [0.1, 0.15) is 52.9 Å². The maximum absolute atomic E-state index is 5.89. The van der Waals surface area contributed by atoms with Gasteiger partial charge in [0.1, 0.15) is 18.0 Å². The Morgan fingerprint density at radius 2 is 1.28 bits per heavy atom. The van der Waals surface area contributed by atoms with Crippen molar-refractivity contribution in [2.45, 2.75) is 52.9 Å². The Bertz CT molecular complexity index is 675. The summed E-state index contributed by atoms with van der Waals surface area (Å²) in [7, 11) is 1.78. The van der Waals surface area contributed by atoms with Crippen LogP contribution in [0.15, 0.2) is 48.5 Å². The van der Waals surface area contributed by atoms with E-state index in [-0.39, 0.29) is 0 Å². The summed E-state index contributed by atoms with van der Waals surface area (Å²) in [5.41, 5.74) is 3.84. The highest BCUT2D eigenvalue weighted by Gasteiger charge is 2.26. The molecular formula is C26H40NO2+. The Labute approximate surface area is 178 Å². The van der Waals surface area contributed by atoms with Crippen LogP contribution in [-0.2, 0) is 4.74 Å². The van der Waals surface area contributed by atoms with Gasteiger partial charge in [0.15, 0.2) is 0 Å². The predicted molar refractivity (Wildman–Crippen MR) is 126 cm³/mol. The fourth-order valence-electron chi connectivity index (χ4n) is 3.91. The molecule has 3 heteroatoms. The minimum absolute atomic E-state index is 0.781. The predicted octanol–water partition coefficient (Wildman–Crippen LogP) is 6.70. The highest BCUT2D eigenvalue weighted by molar-refractivity contribution is 5.66. The Morgan fingerprint density at radius 1 is 0.690 bits per heavy atom. The van der Waals surface area contributed by atoms with E-state index < -0.39 is 0 Å². The number of likely N-dealkylation sites (N-methyl/N-ethyl adjacent to an activating group) is 1. The lowest BCUT2D eigenvalue weighted by Gasteiger charge is -2.36. The highest BCUT2D eigenvalue weighted by atomic mass is 16.5. The van der Waals surface area contributed by atoms with Crippen molar-refractivity contribution in [1.82, 2.24) is 4.48 Å². The van der Waals surface area contributed by atoms with Gasteiger partial charge in [-0.3, -0.25) is 4.48 Å². The second-order valence-corrected chi connectivity index (χ2v) is 7.83. The van der Waals surface area contributed by atoms with Crippen LogP contribution in [0, 0.1) is 0 Å². The minimum atomic E-state index is 0.781. The first-order chi connectivity index (χ1) is 14.2. The number of hydrogen-bond donors (Lipinski definition) is 0. The zero-order valence-electron chi connectivity index (χ0n) is 19.0. The van der Waals surface area contributed by atoms with Gasteiger partial charge in [-0.05, 0) is 67.8 Å². The largest absolute Gasteiger partial charge is 0.494 e. The maximum Gasteiger partial charge on any atom is 0.132 e. The monoisotopic (exact) mass is 398 g/mol. The molecule has 0 saturated heterocycles. The SMILES string of the molecule is CCCCCCCOc1ccc(-c2ccc([N+](CC)(CC)CCOC)cc2)cc1. The van der Waals surface area contributed by atoms with E-state index >= 15 is 0 Å². The molecule has 0 atom stereocenters. The van der Waals surface area contributed by atoms with Gasteiger partial charge in [0, 0.05) is 7.11 Å². The fraction of sp³-hybridized carbons (Fsp3) is 0.538. The summed E-state index contributed by atoms with van der Waals surface area (Å²) in [6.45, 7) is 11.5. The van der Waals surface area contributed by atoms with Crippen molar-refractivity contribution in [2.75, 3.05) is 40.0 Å². The molecule has 0 aliphatic heterocycles. The van der Waals surface area contributed by atoms with Crippen LogP contribution < -0.4 is 9.22 Å². The molecule has 0 unspecified atom stereocenters. The Kier molecular flexibility index (Phi) is 10.2. The first-order valence-electron chi connectivity index (χ1n) is 11.4. The van der Waals surface area contributed by atoms with E-state index in [1.165, 1.54) is 42.5 Å². The molecule has 160 valence electrons. The summed E-state index contributed by atoms with van der Waals surface area (Å²) in [4.78, 5) is 0. The number of hydrogen-bond acceptors (Lipinski definition) is 2. The molecule has 29 heavy (non-hydrogen) atoms. The maximum atomic E-state index is 5.89. The molecule has 0 heterocycles. The standard InChI is InChI=1S/C26H40NO2/c1-5-8-9-10-11-21-29-26-18-14-24(15-19-26)23-12-16-25(17-13-23)27(6-2,7-3)20-22-28-4/h12-19H,5-11,20-22H2,1-4H3/q+1. The number of benzene rings is 2. The number of ether oxygens (including phenoxy) is 2. The lowest BCUT2D eigenvalue weighted by Crippen LogP contribution is -2.51. The molecule has 0 fully saturated rings. The van der Waals surface area contributed by atoms with Gasteiger partial charge in [0.2, 0.25) is 0 Å². The average Bonchev–Trinajstić information content (AvgIpc) is 2.78. The Hall–Kier alpha value is -1.84. The third kappa shape index (κ3) is 6.87. The van der Waals surface area contributed by atoms with Crippen LogP contribution in [0.3, 0.4) is 0 Å². The molecule has 2 aromatic carbocycles. The summed E-state index contributed by atoms with van der Waals surface area (Å²) in [6.07, 6.45) is 6.33. The fourth-order valence-corrected chi connectivity index (χ4v) is 3.91. The molecule has 0 radical (unpaired) electrons. The average molecular weight is 399 g/mol. The summed E-state index contributed by atoms with van der Waals surface area (Å²) in [5.74, 6) is 0.966. The van der Waals surface area contributed by atoms with E-state index in [1.54, 1.807) is 7.11 Å². The lowest BCUT2D eigenvalue weighted by molar-refractivity contribution is 0.155. The van der Waals surface area contributed by atoms with Crippen LogP contribution in [0.2, 0.25) is 0 Å². The van der Waals surface area contributed by atoms with Crippen LogP contribution in [0.5, 0.6) is 5.75 Å². The van der Waals surface area contributed by atoms with Crippen molar-refractivity contribution in [3.63, 3.8) is 0 Å². The van der Waals surface area contributed by atoms with Crippen molar-refractivity contribution in [2.24, 2.45) is 0 Å². The Balaban J connectivity index is 1.97.